The molecule has 0 spiro atoms. The number of benzene rings is 2. The maximum absolute atomic E-state index is 9.70. The van der Waals surface area contributed by atoms with Crippen LogP contribution in [0.2, 0.25) is 0 Å². The number of nitriles is 1. The fourth-order valence-electron chi connectivity index (χ4n) is 2.81. The molecule has 0 aromatic heterocycles. The van der Waals surface area contributed by atoms with Crippen molar-refractivity contribution in [2.45, 2.75) is 6.92 Å². The molecule has 1 heterocycles. The van der Waals surface area contributed by atoms with Crippen LogP contribution < -0.4 is 5.32 Å². The van der Waals surface area contributed by atoms with E-state index in [1.54, 1.807) is 24.3 Å². The Balaban J connectivity index is 1.95. The van der Waals surface area contributed by atoms with Gasteiger partial charge < -0.3 is 20.3 Å². The quantitative estimate of drug-likeness (QED) is 0.522. The number of nitrogens with zero attached hydrogens (tertiary/aromatic N) is 1. The zero-order valence-electron chi connectivity index (χ0n) is 15.6. The highest BCUT2D eigenvalue weighted by molar-refractivity contribution is 5.84. The number of aromatic hydroxyl groups is 2. The summed E-state index contributed by atoms with van der Waals surface area (Å²) < 4.78 is 5.73. The van der Waals surface area contributed by atoms with Crippen LogP contribution in [-0.2, 0) is 4.74 Å². The van der Waals surface area contributed by atoms with Gasteiger partial charge in [0.1, 0.15) is 17.6 Å². The summed E-state index contributed by atoms with van der Waals surface area (Å²) in [7, 11) is 1.85. The molecule has 0 atom stereocenters. The highest BCUT2D eigenvalue weighted by atomic mass is 16.5. The van der Waals surface area contributed by atoms with Gasteiger partial charge in [-0.1, -0.05) is 24.3 Å². The number of rotatable bonds is 4. The van der Waals surface area contributed by atoms with Crippen LogP contribution >= 0.6 is 0 Å². The van der Waals surface area contributed by atoms with Crippen molar-refractivity contribution in [1.29, 1.82) is 5.26 Å². The Labute approximate surface area is 163 Å². The molecule has 0 amide bonds. The lowest BCUT2D eigenvalue weighted by Crippen LogP contribution is -1.98. The first kappa shape index (κ1) is 18.9. The summed E-state index contributed by atoms with van der Waals surface area (Å²) in [6, 6.07) is 14.5. The minimum absolute atomic E-state index is 0.169. The Morgan fingerprint density at radius 3 is 2.43 bits per heavy atom. The second-order valence-corrected chi connectivity index (χ2v) is 6.25. The molecule has 2 aromatic rings. The molecule has 5 heteroatoms. The summed E-state index contributed by atoms with van der Waals surface area (Å²) >= 11 is 0. The molecule has 3 rings (SSSR count). The highest BCUT2D eigenvalue weighted by Crippen LogP contribution is 2.29. The van der Waals surface area contributed by atoms with Crippen molar-refractivity contribution in [3.8, 4) is 17.6 Å². The molecule has 0 bridgehead atoms. The first-order valence-corrected chi connectivity index (χ1v) is 8.70. The van der Waals surface area contributed by atoms with Crippen LogP contribution in [0.5, 0.6) is 11.5 Å². The maximum atomic E-state index is 9.70. The van der Waals surface area contributed by atoms with Gasteiger partial charge in [0.2, 0.25) is 0 Å². The van der Waals surface area contributed by atoms with Gasteiger partial charge >= 0.3 is 0 Å². The van der Waals surface area contributed by atoms with Crippen LogP contribution in [-0.4, -0.2) is 17.3 Å². The van der Waals surface area contributed by atoms with Crippen molar-refractivity contribution >= 4 is 17.3 Å². The average molecular weight is 372 g/mol. The Morgan fingerprint density at radius 1 is 1.04 bits per heavy atom. The molecule has 2 aromatic carbocycles. The second-order valence-electron chi connectivity index (χ2n) is 6.25. The van der Waals surface area contributed by atoms with Gasteiger partial charge in [0.05, 0.1) is 5.57 Å². The van der Waals surface area contributed by atoms with Crippen LogP contribution in [0.15, 0.2) is 77.8 Å². The number of allylic oxidation sites excluding steroid dienone is 6. The van der Waals surface area contributed by atoms with Crippen molar-refractivity contribution in [2.75, 3.05) is 12.4 Å². The maximum Gasteiger partial charge on any atom is 0.157 e. The van der Waals surface area contributed by atoms with Gasteiger partial charge in [-0.2, -0.15) is 5.26 Å². The van der Waals surface area contributed by atoms with Gasteiger partial charge in [-0.05, 0) is 66.1 Å². The number of nitrogens with one attached hydrogen (secondary N) is 1. The van der Waals surface area contributed by atoms with Crippen LogP contribution in [0.4, 0.5) is 5.69 Å². The van der Waals surface area contributed by atoms with E-state index in [1.165, 1.54) is 12.1 Å². The third kappa shape index (κ3) is 4.25. The zero-order valence-corrected chi connectivity index (χ0v) is 15.6. The molecular weight excluding hydrogens is 352 g/mol. The third-order valence-corrected chi connectivity index (χ3v) is 4.24. The van der Waals surface area contributed by atoms with Gasteiger partial charge in [0, 0.05) is 12.7 Å². The SMILES string of the molecule is CNc1ccc(/C(C#N)=C2\C=C(C)OC(/C=C/c3ccc(O)c(O)c3)=C2)cc1. The molecule has 140 valence electrons. The minimum Gasteiger partial charge on any atom is -0.504 e. The largest absolute Gasteiger partial charge is 0.504 e. The highest BCUT2D eigenvalue weighted by Gasteiger charge is 2.12. The van der Waals surface area contributed by atoms with E-state index in [9.17, 15) is 15.5 Å². The molecule has 1 aliphatic heterocycles. The lowest BCUT2D eigenvalue weighted by atomic mass is 9.98. The molecule has 0 fully saturated rings. The number of hydrogen-bond acceptors (Lipinski definition) is 5. The molecule has 3 N–H and O–H groups in total. The van der Waals surface area contributed by atoms with E-state index in [0.29, 0.717) is 22.7 Å². The van der Waals surface area contributed by atoms with Crippen LogP contribution in [0.1, 0.15) is 18.1 Å². The summed E-state index contributed by atoms with van der Waals surface area (Å²) in [5, 5.41) is 31.8. The third-order valence-electron chi connectivity index (χ3n) is 4.24. The van der Waals surface area contributed by atoms with Crippen molar-refractivity contribution < 1.29 is 14.9 Å². The lowest BCUT2D eigenvalue weighted by Gasteiger charge is -2.15. The Bertz CT molecular complexity index is 1050. The Hall–Kier alpha value is -3.91. The molecule has 0 radical (unpaired) electrons. The number of hydrogen-bond donors (Lipinski definition) is 3. The molecule has 0 saturated heterocycles. The second kappa shape index (κ2) is 8.19. The summed E-state index contributed by atoms with van der Waals surface area (Å²) in [6.45, 7) is 1.83. The zero-order chi connectivity index (χ0) is 20.1. The topological polar surface area (TPSA) is 85.5 Å². The van der Waals surface area contributed by atoms with E-state index in [1.807, 2.05) is 44.3 Å². The van der Waals surface area contributed by atoms with Gasteiger partial charge in [-0.15, -0.1) is 0 Å². The average Bonchev–Trinajstić information content (AvgIpc) is 2.70. The van der Waals surface area contributed by atoms with Gasteiger partial charge in [0.15, 0.2) is 11.5 Å². The predicted molar refractivity (Wildman–Crippen MR) is 110 cm³/mol. The van der Waals surface area contributed by atoms with Gasteiger partial charge in [0.25, 0.3) is 0 Å². The fourth-order valence-corrected chi connectivity index (χ4v) is 2.81. The molecule has 0 unspecified atom stereocenters. The first-order valence-electron chi connectivity index (χ1n) is 8.70. The predicted octanol–water partition coefficient (Wildman–Crippen LogP) is 4.95. The molecule has 5 nitrogen and oxygen atoms in total. The number of phenolic OH excluding ortho intramolecular Hbond substituents is 2. The number of phenols is 2. The van der Waals surface area contributed by atoms with Crippen LogP contribution in [0.3, 0.4) is 0 Å². The molecule has 0 aliphatic carbocycles. The molecule has 1 aliphatic rings. The van der Waals surface area contributed by atoms with Crippen LogP contribution in [0.25, 0.3) is 11.6 Å². The standard InChI is InChI=1S/C23H20N2O3/c1-15-11-18(21(14-24)17-5-7-19(25-2)8-6-17)13-20(28-15)9-3-16-4-10-22(26)23(27)12-16/h3-13,25-27H,1-2H3/b9-3+,21-18+. The van der Waals surface area contributed by atoms with Crippen molar-refractivity contribution in [3.05, 3.63) is 88.9 Å². The number of ether oxygens (including phenoxy) is 1. The van der Waals surface area contributed by atoms with Gasteiger partial charge in [-0.25, -0.2) is 0 Å². The van der Waals surface area contributed by atoms with E-state index < -0.39 is 0 Å². The summed E-state index contributed by atoms with van der Waals surface area (Å²) in [5.74, 6) is 0.888. The first-order chi connectivity index (χ1) is 13.5. The molecule has 28 heavy (non-hydrogen) atoms. The van der Waals surface area contributed by atoms with Gasteiger partial charge in [-0.3, -0.25) is 0 Å². The van der Waals surface area contributed by atoms with Crippen molar-refractivity contribution in [1.82, 2.24) is 0 Å². The van der Waals surface area contributed by atoms with Crippen LogP contribution in [0, 0.1) is 11.3 Å². The van der Waals surface area contributed by atoms with Crippen molar-refractivity contribution in [2.24, 2.45) is 0 Å². The monoisotopic (exact) mass is 372 g/mol. The lowest BCUT2D eigenvalue weighted by molar-refractivity contribution is 0.318. The Kier molecular flexibility index (Phi) is 5.52. The van der Waals surface area contributed by atoms with E-state index in [2.05, 4.69) is 11.4 Å². The van der Waals surface area contributed by atoms with E-state index >= 15 is 0 Å². The molecular formula is C23H20N2O3. The smallest absolute Gasteiger partial charge is 0.157 e. The molecule has 0 saturated carbocycles. The summed E-state index contributed by atoms with van der Waals surface area (Å²) in [5.41, 5.74) is 3.82. The Morgan fingerprint density at radius 2 is 1.79 bits per heavy atom. The summed E-state index contributed by atoms with van der Waals surface area (Å²) in [6.07, 6.45) is 7.14. The fraction of sp³-hybridized carbons (Fsp3) is 0.0870. The minimum atomic E-state index is -0.186. The van der Waals surface area contributed by atoms with E-state index in [4.69, 9.17) is 4.74 Å². The normalized spacial score (nSPS) is 15.3. The van der Waals surface area contributed by atoms with Crippen molar-refractivity contribution in [3.63, 3.8) is 0 Å². The summed E-state index contributed by atoms with van der Waals surface area (Å²) in [4.78, 5) is 0. The van der Waals surface area contributed by atoms with E-state index in [0.717, 1.165) is 16.8 Å². The van der Waals surface area contributed by atoms with E-state index in [-0.39, 0.29) is 11.5 Å². The number of anilines is 1.